The number of likely N-dealkylation sites (tertiary alicyclic amines) is 1. The fraction of sp³-hybridized carbons (Fsp3) is 0.724. The molecule has 0 radical (unpaired) electrons. The van der Waals surface area contributed by atoms with Crippen molar-refractivity contribution in [3.8, 4) is 5.75 Å². The standard InChI is InChI=1S/C29H44N2O4/c1-19-12-16-31(17-13-19)28(34)20(2)23-10-14-29(4)15-11-24(21(3)26(29)27(23)33)30-25(32)18-35-22-8-6-5-7-9-22/h5-9,19-21,23-24,26-27,33H,10-18H2,1-4H3,(H,30,32)/t20-,21-,23+,24-,26+,27-,29+/m0/s1. The van der Waals surface area contributed by atoms with Gasteiger partial charge in [-0.2, -0.15) is 0 Å². The lowest BCUT2D eigenvalue weighted by molar-refractivity contribution is -0.152. The Morgan fingerprint density at radius 3 is 2.46 bits per heavy atom. The Kier molecular flexibility index (Phi) is 8.09. The van der Waals surface area contributed by atoms with E-state index in [2.05, 4.69) is 26.1 Å². The number of fused-ring (bicyclic) bond motifs is 1. The van der Waals surface area contributed by atoms with Gasteiger partial charge in [-0.05, 0) is 79.7 Å². The largest absolute Gasteiger partial charge is 0.484 e. The van der Waals surface area contributed by atoms with Gasteiger partial charge in [0, 0.05) is 25.0 Å². The second kappa shape index (κ2) is 10.9. The lowest BCUT2D eigenvalue weighted by Crippen LogP contribution is -2.59. The van der Waals surface area contributed by atoms with Gasteiger partial charge in [-0.3, -0.25) is 9.59 Å². The van der Waals surface area contributed by atoms with E-state index in [1.807, 2.05) is 42.2 Å². The van der Waals surface area contributed by atoms with Crippen molar-refractivity contribution in [1.29, 1.82) is 0 Å². The molecule has 3 aliphatic rings. The van der Waals surface area contributed by atoms with Crippen molar-refractivity contribution in [2.45, 2.75) is 78.4 Å². The van der Waals surface area contributed by atoms with E-state index in [-0.39, 0.29) is 53.5 Å². The number of aliphatic hydroxyl groups excluding tert-OH is 1. The number of hydrogen-bond donors (Lipinski definition) is 2. The zero-order valence-corrected chi connectivity index (χ0v) is 21.9. The first kappa shape index (κ1) is 26.0. The third kappa shape index (κ3) is 5.68. The number of aliphatic hydroxyl groups is 1. The van der Waals surface area contributed by atoms with E-state index < -0.39 is 6.10 Å². The molecule has 2 aliphatic carbocycles. The monoisotopic (exact) mass is 484 g/mol. The average Bonchev–Trinajstić information content (AvgIpc) is 2.85. The Bertz CT molecular complexity index is 869. The molecule has 2 N–H and O–H groups in total. The summed E-state index contributed by atoms with van der Waals surface area (Å²) < 4.78 is 5.63. The van der Waals surface area contributed by atoms with Gasteiger partial charge in [0.2, 0.25) is 5.91 Å². The minimum Gasteiger partial charge on any atom is -0.484 e. The smallest absolute Gasteiger partial charge is 0.258 e. The quantitative estimate of drug-likeness (QED) is 0.632. The summed E-state index contributed by atoms with van der Waals surface area (Å²) in [5.74, 6) is 1.43. The molecule has 6 heteroatoms. The molecular weight excluding hydrogens is 440 g/mol. The highest BCUT2D eigenvalue weighted by molar-refractivity contribution is 5.79. The van der Waals surface area contributed by atoms with Gasteiger partial charge in [-0.15, -0.1) is 0 Å². The van der Waals surface area contributed by atoms with Crippen molar-refractivity contribution in [2.75, 3.05) is 19.7 Å². The van der Waals surface area contributed by atoms with Crippen molar-refractivity contribution in [3.05, 3.63) is 30.3 Å². The molecule has 3 fully saturated rings. The summed E-state index contributed by atoms with van der Waals surface area (Å²) in [6.45, 7) is 10.4. The number of hydrogen-bond acceptors (Lipinski definition) is 4. The molecule has 1 heterocycles. The van der Waals surface area contributed by atoms with Gasteiger partial charge in [0.15, 0.2) is 6.61 Å². The third-order valence-corrected chi connectivity index (χ3v) is 9.47. The minimum absolute atomic E-state index is 0.00272. The third-order valence-electron chi connectivity index (χ3n) is 9.47. The number of amides is 2. The lowest BCUT2D eigenvalue weighted by Gasteiger charge is -2.56. The highest BCUT2D eigenvalue weighted by Gasteiger charge is 2.54. The van der Waals surface area contributed by atoms with Crippen LogP contribution in [0.4, 0.5) is 0 Å². The Morgan fingerprint density at radius 2 is 1.77 bits per heavy atom. The number of carbonyl (C=O) groups is 2. The molecular formula is C29H44N2O4. The van der Waals surface area contributed by atoms with Crippen molar-refractivity contribution in [2.24, 2.45) is 35.0 Å². The molecule has 7 atom stereocenters. The maximum atomic E-state index is 13.3. The Balaban J connectivity index is 1.38. The van der Waals surface area contributed by atoms with Crippen LogP contribution in [-0.2, 0) is 9.59 Å². The Hall–Kier alpha value is -2.08. The van der Waals surface area contributed by atoms with Crippen molar-refractivity contribution in [1.82, 2.24) is 10.2 Å². The van der Waals surface area contributed by atoms with Crippen LogP contribution in [0.5, 0.6) is 5.75 Å². The van der Waals surface area contributed by atoms with E-state index in [1.54, 1.807) is 0 Å². The second-order valence-electron chi connectivity index (χ2n) is 11.8. The van der Waals surface area contributed by atoms with Crippen LogP contribution in [0.1, 0.15) is 66.2 Å². The predicted molar refractivity (Wildman–Crippen MR) is 137 cm³/mol. The van der Waals surface area contributed by atoms with Crippen LogP contribution < -0.4 is 10.1 Å². The maximum absolute atomic E-state index is 13.3. The second-order valence-corrected chi connectivity index (χ2v) is 11.8. The summed E-state index contributed by atoms with van der Waals surface area (Å²) >= 11 is 0. The summed E-state index contributed by atoms with van der Waals surface area (Å²) in [4.78, 5) is 28.0. The molecule has 35 heavy (non-hydrogen) atoms. The van der Waals surface area contributed by atoms with Gasteiger partial charge in [-0.1, -0.05) is 45.9 Å². The van der Waals surface area contributed by atoms with Crippen LogP contribution in [-0.4, -0.2) is 53.7 Å². The number of piperidine rings is 1. The number of benzene rings is 1. The number of para-hydroxylation sites is 1. The van der Waals surface area contributed by atoms with Crippen LogP contribution in [0.25, 0.3) is 0 Å². The van der Waals surface area contributed by atoms with E-state index in [9.17, 15) is 14.7 Å². The zero-order valence-electron chi connectivity index (χ0n) is 21.9. The highest BCUT2D eigenvalue weighted by atomic mass is 16.5. The first-order valence-electron chi connectivity index (χ1n) is 13.6. The minimum atomic E-state index is -0.535. The molecule has 1 aliphatic heterocycles. The zero-order chi connectivity index (χ0) is 25.2. The van der Waals surface area contributed by atoms with E-state index in [0.717, 1.165) is 51.6 Å². The summed E-state index contributed by atoms with van der Waals surface area (Å²) in [6, 6.07) is 9.37. The van der Waals surface area contributed by atoms with Crippen molar-refractivity contribution >= 4 is 11.8 Å². The van der Waals surface area contributed by atoms with Gasteiger partial charge in [0.05, 0.1) is 6.10 Å². The van der Waals surface area contributed by atoms with Crippen molar-refractivity contribution < 1.29 is 19.4 Å². The number of nitrogens with zero attached hydrogens (tertiary/aromatic N) is 1. The predicted octanol–water partition coefficient (Wildman–Crippen LogP) is 4.27. The van der Waals surface area contributed by atoms with Crippen LogP contribution in [0.2, 0.25) is 0 Å². The van der Waals surface area contributed by atoms with Gasteiger partial charge >= 0.3 is 0 Å². The van der Waals surface area contributed by atoms with E-state index in [4.69, 9.17) is 4.74 Å². The molecule has 1 aromatic rings. The first-order valence-corrected chi connectivity index (χ1v) is 13.6. The van der Waals surface area contributed by atoms with Crippen LogP contribution in [0, 0.1) is 35.0 Å². The van der Waals surface area contributed by atoms with Gasteiger partial charge < -0.3 is 20.1 Å². The number of nitrogens with one attached hydrogen (secondary N) is 1. The lowest BCUT2D eigenvalue weighted by atomic mass is 9.51. The SMILES string of the molecule is CC1CCN(C(=O)[C@@H](C)[C@H]2CC[C@]3(C)CC[C@H](NC(=O)COc4ccccc4)[C@H](C)[C@@H]3[C@H]2O)CC1. The molecule has 0 bridgehead atoms. The molecule has 194 valence electrons. The van der Waals surface area contributed by atoms with Gasteiger partial charge in [-0.25, -0.2) is 0 Å². The van der Waals surface area contributed by atoms with E-state index in [0.29, 0.717) is 11.7 Å². The van der Waals surface area contributed by atoms with Gasteiger partial charge in [0.25, 0.3) is 5.91 Å². The van der Waals surface area contributed by atoms with Gasteiger partial charge in [0.1, 0.15) is 5.75 Å². The molecule has 4 rings (SSSR count). The van der Waals surface area contributed by atoms with Crippen LogP contribution in [0.15, 0.2) is 30.3 Å². The molecule has 2 saturated carbocycles. The normalized spacial score (nSPS) is 34.5. The number of rotatable bonds is 6. The number of carbonyl (C=O) groups excluding carboxylic acids is 2. The molecule has 2 amide bonds. The molecule has 1 saturated heterocycles. The summed E-state index contributed by atoms with van der Waals surface area (Å²) in [6.07, 6.45) is 5.39. The number of ether oxygens (including phenoxy) is 1. The fourth-order valence-corrected chi connectivity index (χ4v) is 7.11. The molecule has 0 unspecified atom stereocenters. The Morgan fingerprint density at radius 1 is 1.11 bits per heavy atom. The average molecular weight is 485 g/mol. The molecule has 0 aromatic heterocycles. The van der Waals surface area contributed by atoms with Crippen LogP contribution >= 0.6 is 0 Å². The van der Waals surface area contributed by atoms with Crippen LogP contribution in [0.3, 0.4) is 0 Å². The van der Waals surface area contributed by atoms with E-state index in [1.165, 1.54) is 0 Å². The summed E-state index contributed by atoms with van der Waals surface area (Å²) in [5, 5.41) is 14.8. The molecule has 6 nitrogen and oxygen atoms in total. The fourth-order valence-electron chi connectivity index (χ4n) is 7.11. The highest BCUT2D eigenvalue weighted by Crippen LogP contribution is 2.55. The Labute approximate surface area is 210 Å². The summed E-state index contributed by atoms with van der Waals surface area (Å²) in [7, 11) is 0. The molecule has 0 spiro atoms. The van der Waals surface area contributed by atoms with E-state index >= 15 is 0 Å². The summed E-state index contributed by atoms with van der Waals surface area (Å²) in [5.41, 5.74) is 0.0421. The molecule has 1 aromatic carbocycles. The maximum Gasteiger partial charge on any atom is 0.258 e. The van der Waals surface area contributed by atoms with Crippen molar-refractivity contribution in [3.63, 3.8) is 0 Å². The first-order chi connectivity index (χ1) is 16.7. The topological polar surface area (TPSA) is 78.9 Å².